The van der Waals surface area contributed by atoms with Crippen LogP contribution in [0.4, 0.5) is 5.69 Å². The summed E-state index contributed by atoms with van der Waals surface area (Å²) in [6, 6.07) is 1.78. The van der Waals surface area contributed by atoms with Gasteiger partial charge >= 0.3 is 0 Å². The average molecular weight is 277 g/mol. The Kier molecular flexibility index (Phi) is 4.95. The first-order valence-corrected chi connectivity index (χ1v) is 7.24. The van der Waals surface area contributed by atoms with E-state index in [1.165, 1.54) is 0 Å². The molecule has 0 aromatic carbocycles. The zero-order chi connectivity index (χ0) is 14.5. The van der Waals surface area contributed by atoms with Crippen LogP contribution in [0, 0.1) is 0 Å². The van der Waals surface area contributed by atoms with Crippen molar-refractivity contribution in [3.05, 3.63) is 24.0 Å². The Balaban J connectivity index is 2.15. The molecule has 110 valence electrons. The Morgan fingerprint density at radius 1 is 1.45 bits per heavy atom. The molecule has 1 aliphatic heterocycles. The molecule has 2 heterocycles. The minimum atomic E-state index is 0.0491. The van der Waals surface area contributed by atoms with Crippen molar-refractivity contribution in [3.63, 3.8) is 0 Å². The van der Waals surface area contributed by atoms with Gasteiger partial charge in [-0.2, -0.15) is 0 Å². The van der Waals surface area contributed by atoms with Crippen molar-refractivity contribution in [1.82, 2.24) is 9.88 Å². The lowest BCUT2D eigenvalue weighted by Gasteiger charge is -2.35. The van der Waals surface area contributed by atoms with E-state index in [9.17, 15) is 4.79 Å². The molecule has 0 bridgehead atoms. The van der Waals surface area contributed by atoms with E-state index in [0.29, 0.717) is 18.7 Å². The zero-order valence-electron chi connectivity index (χ0n) is 12.4. The molecule has 0 radical (unpaired) electrons. The SMILES string of the molecule is CCCNc1cnccc1C(=O)N1C[C@@H](C)O[C@@H](C)C1. The lowest BCUT2D eigenvalue weighted by molar-refractivity contribution is -0.0585. The molecule has 1 aromatic heterocycles. The van der Waals surface area contributed by atoms with E-state index >= 15 is 0 Å². The van der Waals surface area contributed by atoms with Gasteiger partial charge in [0.05, 0.1) is 29.7 Å². The third-order valence-corrected chi connectivity index (χ3v) is 3.32. The molecule has 1 aliphatic rings. The highest BCUT2D eigenvalue weighted by molar-refractivity contribution is 5.99. The highest BCUT2D eigenvalue weighted by Gasteiger charge is 2.27. The molecule has 5 nitrogen and oxygen atoms in total. The van der Waals surface area contributed by atoms with E-state index in [0.717, 1.165) is 18.7 Å². The Morgan fingerprint density at radius 3 is 2.80 bits per heavy atom. The van der Waals surface area contributed by atoms with Crippen LogP contribution in [0.3, 0.4) is 0 Å². The maximum atomic E-state index is 12.7. The van der Waals surface area contributed by atoms with Crippen LogP contribution in [0.1, 0.15) is 37.6 Å². The second-order valence-electron chi connectivity index (χ2n) is 5.32. The molecule has 2 rings (SSSR count). The lowest BCUT2D eigenvalue weighted by atomic mass is 10.1. The number of carbonyl (C=O) groups is 1. The lowest BCUT2D eigenvalue weighted by Crippen LogP contribution is -2.48. The molecular formula is C15H23N3O2. The summed E-state index contributed by atoms with van der Waals surface area (Å²) in [6.07, 6.45) is 4.55. The van der Waals surface area contributed by atoms with Crippen LogP contribution in [0.2, 0.25) is 0 Å². The third-order valence-electron chi connectivity index (χ3n) is 3.32. The van der Waals surface area contributed by atoms with Gasteiger partial charge in [-0.3, -0.25) is 9.78 Å². The maximum absolute atomic E-state index is 12.7. The topological polar surface area (TPSA) is 54.5 Å². The number of carbonyl (C=O) groups excluding carboxylic acids is 1. The summed E-state index contributed by atoms with van der Waals surface area (Å²) in [4.78, 5) is 18.6. The number of hydrogen-bond acceptors (Lipinski definition) is 4. The molecule has 0 saturated carbocycles. The van der Waals surface area contributed by atoms with Crippen LogP contribution >= 0.6 is 0 Å². The average Bonchev–Trinajstić information content (AvgIpc) is 2.43. The van der Waals surface area contributed by atoms with Crippen LogP contribution in [0.5, 0.6) is 0 Å². The quantitative estimate of drug-likeness (QED) is 0.916. The van der Waals surface area contributed by atoms with Crippen LogP contribution in [0.15, 0.2) is 18.5 Å². The van der Waals surface area contributed by atoms with Crippen LogP contribution in [0.25, 0.3) is 0 Å². The fourth-order valence-corrected chi connectivity index (χ4v) is 2.50. The number of nitrogens with zero attached hydrogens (tertiary/aromatic N) is 2. The number of amides is 1. The predicted octanol–water partition coefficient (Wildman–Crippen LogP) is 2.15. The highest BCUT2D eigenvalue weighted by Crippen LogP contribution is 2.19. The van der Waals surface area contributed by atoms with Gasteiger partial charge in [0, 0.05) is 25.8 Å². The number of hydrogen-bond donors (Lipinski definition) is 1. The summed E-state index contributed by atoms with van der Waals surface area (Å²) in [5, 5.41) is 3.26. The first-order chi connectivity index (χ1) is 9.61. The summed E-state index contributed by atoms with van der Waals surface area (Å²) in [7, 11) is 0. The Labute approximate surface area is 120 Å². The molecular weight excluding hydrogens is 254 g/mol. The number of pyridine rings is 1. The molecule has 1 fully saturated rings. The van der Waals surface area contributed by atoms with Crippen LogP contribution < -0.4 is 5.32 Å². The van der Waals surface area contributed by atoms with Crippen LogP contribution in [-0.2, 0) is 4.74 Å². The van der Waals surface area contributed by atoms with E-state index in [2.05, 4.69) is 17.2 Å². The monoisotopic (exact) mass is 277 g/mol. The van der Waals surface area contributed by atoms with Crippen molar-refractivity contribution in [2.75, 3.05) is 25.0 Å². The van der Waals surface area contributed by atoms with Gasteiger partial charge in [0.25, 0.3) is 5.91 Å². The van der Waals surface area contributed by atoms with Crippen LogP contribution in [-0.4, -0.2) is 47.6 Å². The van der Waals surface area contributed by atoms with Gasteiger partial charge in [0.1, 0.15) is 0 Å². The number of nitrogens with one attached hydrogen (secondary N) is 1. The van der Waals surface area contributed by atoms with Crippen molar-refractivity contribution in [3.8, 4) is 0 Å². The van der Waals surface area contributed by atoms with Gasteiger partial charge in [-0.1, -0.05) is 6.92 Å². The summed E-state index contributed by atoms with van der Waals surface area (Å²) in [6.45, 7) is 8.20. The van der Waals surface area contributed by atoms with Gasteiger partial charge in [-0.05, 0) is 26.3 Å². The van der Waals surface area contributed by atoms with E-state index in [1.807, 2.05) is 18.7 Å². The molecule has 2 atom stereocenters. The van der Waals surface area contributed by atoms with Gasteiger partial charge in [0.2, 0.25) is 0 Å². The Bertz CT molecular complexity index is 454. The predicted molar refractivity (Wildman–Crippen MR) is 78.9 cm³/mol. The number of aromatic nitrogens is 1. The molecule has 20 heavy (non-hydrogen) atoms. The van der Waals surface area contributed by atoms with Gasteiger partial charge in [-0.25, -0.2) is 0 Å². The first-order valence-electron chi connectivity index (χ1n) is 7.24. The summed E-state index contributed by atoms with van der Waals surface area (Å²) >= 11 is 0. The van der Waals surface area contributed by atoms with Crippen molar-refractivity contribution in [2.24, 2.45) is 0 Å². The first kappa shape index (κ1) is 14.8. The molecule has 1 amide bonds. The number of morpholine rings is 1. The second-order valence-corrected chi connectivity index (χ2v) is 5.32. The molecule has 0 aliphatic carbocycles. The van der Waals surface area contributed by atoms with E-state index in [1.54, 1.807) is 18.5 Å². The van der Waals surface area contributed by atoms with Gasteiger partial charge in [0.15, 0.2) is 0 Å². The van der Waals surface area contributed by atoms with Gasteiger partial charge < -0.3 is 15.0 Å². The van der Waals surface area contributed by atoms with E-state index in [4.69, 9.17) is 4.74 Å². The number of anilines is 1. The highest BCUT2D eigenvalue weighted by atomic mass is 16.5. The standard InChI is InChI=1S/C15H23N3O2/c1-4-6-17-14-8-16-7-5-13(14)15(19)18-9-11(2)20-12(3)10-18/h5,7-8,11-12,17H,4,6,9-10H2,1-3H3/t11-,12+. The number of ether oxygens (including phenoxy) is 1. The third kappa shape index (κ3) is 3.48. The fraction of sp³-hybridized carbons (Fsp3) is 0.600. The largest absolute Gasteiger partial charge is 0.383 e. The van der Waals surface area contributed by atoms with Crippen molar-refractivity contribution >= 4 is 11.6 Å². The Morgan fingerprint density at radius 2 is 2.15 bits per heavy atom. The molecule has 1 N–H and O–H groups in total. The van der Waals surface area contributed by atoms with E-state index < -0.39 is 0 Å². The number of rotatable bonds is 4. The smallest absolute Gasteiger partial charge is 0.256 e. The van der Waals surface area contributed by atoms with Gasteiger partial charge in [-0.15, -0.1) is 0 Å². The molecule has 1 saturated heterocycles. The molecule has 5 heteroatoms. The Hall–Kier alpha value is -1.62. The molecule has 1 aromatic rings. The minimum Gasteiger partial charge on any atom is -0.383 e. The van der Waals surface area contributed by atoms with Crippen molar-refractivity contribution < 1.29 is 9.53 Å². The summed E-state index contributed by atoms with van der Waals surface area (Å²) in [5.41, 5.74) is 1.50. The normalized spacial score (nSPS) is 22.6. The van der Waals surface area contributed by atoms with Crippen molar-refractivity contribution in [1.29, 1.82) is 0 Å². The summed E-state index contributed by atoms with van der Waals surface area (Å²) in [5.74, 6) is 0.0491. The maximum Gasteiger partial charge on any atom is 0.256 e. The second kappa shape index (κ2) is 6.70. The molecule has 0 unspecified atom stereocenters. The van der Waals surface area contributed by atoms with Crippen molar-refractivity contribution in [2.45, 2.75) is 39.4 Å². The fourth-order valence-electron chi connectivity index (χ4n) is 2.50. The minimum absolute atomic E-state index is 0.0491. The zero-order valence-corrected chi connectivity index (χ0v) is 12.4. The summed E-state index contributed by atoms with van der Waals surface area (Å²) < 4.78 is 5.68. The van der Waals surface area contributed by atoms with E-state index in [-0.39, 0.29) is 18.1 Å². The molecule has 0 spiro atoms.